The maximum absolute atomic E-state index is 5.69. The Labute approximate surface area is 131 Å². The van der Waals surface area contributed by atoms with Gasteiger partial charge < -0.3 is 25.7 Å². The van der Waals surface area contributed by atoms with Crippen LogP contribution in [0.5, 0.6) is 17.2 Å². The lowest BCUT2D eigenvalue weighted by Crippen LogP contribution is -2.15. The van der Waals surface area contributed by atoms with Gasteiger partial charge in [0.05, 0.1) is 27.5 Å². The molecule has 0 aliphatic rings. The summed E-state index contributed by atoms with van der Waals surface area (Å²) in [6.07, 6.45) is 1.44. The molecule has 0 unspecified atom stereocenters. The molecule has 0 amide bonds. The van der Waals surface area contributed by atoms with Gasteiger partial charge in [-0.25, -0.2) is 4.63 Å². The Hall–Kier alpha value is -3.30. The van der Waals surface area contributed by atoms with Crippen molar-refractivity contribution in [2.75, 3.05) is 27.1 Å². The first kappa shape index (κ1) is 16.1. The number of hydrogen-bond acceptors (Lipinski definition) is 9. The smallest absolute Gasteiger partial charge is 0.199 e. The largest absolute Gasteiger partial charge is 0.496 e. The van der Waals surface area contributed by atoms with Gasteiger partial charge in [-0.1, -0.05) is 0 Å². The summed E-state index contributed by atoms with van der Waals surface area (Å²) >= 11 is 0. The summed E-state index contributed by atoms with van der Waals surface area (Å²) in [6, 6.07) is 3.37. The van der Waals surface area contributed by atoms with E-state index in [0.29, 0.717) is 22.8 Å². The van der Waals surface area contributed by atoms with Gasteiger partial charge in [0.2, 0.25) is 0 Å². The topological polar surface area (TPSA) is 143 Å². The zero-order chi connectivity index (χ0) is 16.8. The standard InChI is InChI=1S/C13H16N6O4/c1-20-8-5-10(22-3)9(21-2)4-7(8)6-16-17-12(14)11-13(15)19-23-18-11/h4-6H,1-3H3,(H2,14,17)(H2,15,19). The Morgan fingerprint density at radius 2 is 1.74 bits per heavy atom. The highest BCUT2D eigenvalue weighted by Crippen LogP contribution is 2.33. The van der Waals surface area contributed by atoms with Gasteiger partial charge in [0.25, 0.3) is 0 Å². The molecule has 0 bridgehead atoms. The van der Waals surface area contributed by atoms with Crippen LogP contribution in [-0.4, -0.2) is 43.7 Å². The first-order chi connectivity index (χ1) is 11.1. The monoisotopic (exact) mass is 320 g/mol. The number of benzene rings is 1. The highest BCUT2D eigenvalue weighted by molar-refractivity contribution is 5.99. The van der Waals surface area contributed by atoms with Crippen molar-refractivity contribution in [1.29, 1.82) is 0 Å². The molecule has 0 saturated carbocycles. The molecule has 23 heavy (non-hydrogen) atoms. The molecule has 0 radical (unpaired) electrons. The fourth-order valence-corrected chi connectivity index (χ4v) is 1.73. The van der Waals surface area contributed by atoms with E-state index in [1.54, 1.807) is 12.1 Å². The molecule has 2 aromatic rings. The Balaban J connectivity index is 2.30. The molecule has 0 saturated heterocycles. The zero-order valence-corrected chi connectivity index (χ0v) is 12.8. The average molecular weight is 320 g/mol. The van der Waals surface area contributed by atoms with Gasteiger partial charge in [0.1, 0.15) is 5.75 Å². The summed E-state index contributed by atoms with van der Waals surface area (Å²) in [6.45, 7) is 0. The van der Waals surface area contributed by atoms with Crippen LogP contribution in [0, 0.1) is 0 Å². The molecule has 0 atom stereocenters. The van der Waals surface area contributed by atoms with Crippen molar-refractivity contribution >= 4 is 17.9 Å². The predicted molar refractivity (Wildman–Crippen MR) is 83.1 cm³/mol. The van der Waals surface area contributed by atoms with Crippen molar-refractivity contribution in [1.82, 2.24) is 10.3 Å². The molecule has 0 aliphatic heterocycles. The number of nitrogen functional groups attached to an aromatic ring is 1. The summed E-state index contributed by atoms with van der Waals surface area (Å²) in [5, 5.41) is 14.6. The Morgan fingerprint density at radius 1 is 1.09 bits per heavy atom. The molecule has 0 aliphatic carbocycles. The van der Waals surface area contributed by atoms with E-state index in [2.05, 4.69) is 25.1 Å². The lowest BCUT2D eigenvalue weighted by Gasteiger charge is -2.11. The van der Waals surface area contributed by atoms with E-state index in [0.717, 1.165) is 0 Å². The van der Waals surface area contributed by atoms with Crippen LogP contribution in [0.1, 0.15) is 11.3 Å². The summed E-state index contributed by atoms with van der Waals surface area (Å²) in [5.74, 6) is 1.59. The maximum atomic E-state index is 5.69. The molecule has 10 heteroatoms. The number of rotatable bonds is 6. The molecular weight excluding hydrogens is 304 g/mol. The van der Waals surface area contributed by atoms with Gasteiger partial charge in [-0.3, -0.25) is 0 Å². The third-order valence-electron chi connectivity index (χ3n) is 2.85. The second-order valence-electron chi connectivity index (χ2n) is 4.18. The van der Waals surface area contributed by atoms with Gasteiger partial charge in [0.15, 0.2) is 28.8 Å². The van der Waals surface area contributed by atoms with Crippen molar-refractivity contribution in [2.24, 2.45) is 15.9 Å². The van der Waals surface area contributed by atoms with E-state index >= 15 is 0 Å². The second kappa shape index (κ2) is 7.11. The first-order valence-electron chi connectivity index (χ1n) is 6.35. The summed E-state index contributed by atoms with van der Waals surface area (Å²) in [7, 11) is 4.59. The van der Waals surface area contributed by atoms with Crippen molar-refractivity contribution < 1.29 is 18.8 Å². The highest BCUT2D eigenvalue weighted by atomic mass is 16.6. The lowest BCUT2D eigenvalue weighted by atomic mass is 10.2. The predicted octanol–water partition coefficient (Wildman–Crippen LogP) is 0.417. The van der Waals surface area contributed by atoms with E-state index < -0.39 is 0 Å². The van der Waals surface area contributed by atoms with Gasteiger partial charge in [-0.2, -0.15) is 5.10 Å². The Bertz CT molecular complexity index is 740. The number of anilines is 1. The molecule has 2 rings (SSSR count). The minimum absolute atomic E-state index is 0.0283. The van der Waals surface area contributed by atoms with Crippen molar-refractivity contribution in [3.63, 3.8) is 0 Å². The normalized spacial score (nSPS) is 11.7. The number of amidine groups is 1. The van der Waals surface area contributed by atoms with Gasteiger partial charge in [-0.05, 0) is 16.4 Å². The zero-order valence-electron chi connectivity index (χ0n) is 12.8. The van der Waals surface area contributed by atoms with E-state index in [-0.39, 0.29) is 17.3 Å². The van der Waals surface area contributed by atoms with Gasteiger partial charge >= 0.3 is 0 Å². The van der Waals surface area contributed by atoms with Crippen molar-refractivity contribution in [3.8, 4) is 17.2 Å². The fourth-order valence-electron chi connectivity index (χ4n) is 1.73. The van der Waals surface area contributed by atoms with Crippen molar-refractivity contribution in [2.45, 2.75) is 0 Å². The SMILES string of the molecule is COc1cc(OC)c(OC)cc1C=N/N=C(\N)c1nonc1N. The Morgan fingerprint density at radius 3 is 2.30 bits per heavy atom. The van der Waals surface area contributed by atoms with Crippen LogP contribution in [0.25, 0.3) is 0 Å². The van der Waals surface area contributed by atoms with Crippen molar-refractivity contribution in [3.05, 3.63) is 23.4 Å². The summed E-state index contributed by atoms with van der Waals surface area (Å²) in [4.78, 5) is 0. The van der Waals surface area contributed by atoms with E-state index in [1.165, 1.54) is 27.5 Å². The third-order valence-corrected chi connectivity index (χ3v) is 2.85. The van der Waals surface area contributed by atoms with Gasteiger partial charge in [0, 0.05) is 11.6 Å². The van der Waals surface area contributed by atoms with Crippen LogP contribution in [0.2, 0.25) is 0 Å². The minimum atomic E-state index is -0.0283. The van der Waals surface area contributed by atoms with Crippen LogP contribution >= 0.6 is 0 Å². The Kier molecular flexibility index (Phi) is 4.97. The first-order valence-corrected chi connectivity index (χ1v) is 6.35. The molecular formula is C13H16N6O4. The second-order valence-corrected chi connectivity index (χ2v) is 4.18. The van der Waals surface area contributed by atoms with E-state index in [1.807, 2.05) is 0 Å². The number of nitrogens with two attached hydrogens (primary N) is 2. The minimum Gasteiger partial charge on any atom is -0.496 e. The van der Waals surface area contributed by atoms with E-state index in [9.17, 15) is 0 Å². The van der Waals surface area contributed by atoms with Gasteiger partial charge in [-0.15, -0.1) is 5.10 Å². The maximum Gasteiger partial charge on any atom is 0.199 e. The molecule has 1 aromatic heterocycles. The van der Waals surface area contributed by atoms with Crippen LogP contribution < -0.4 is 25.7 Å². The quantitative estimate of drug-likeness (QED) is 0.442. The molecule has 0 fully saturated rings. The van der Waals surface area contributed by atoms with Crippen LogP contribution in [0.3, 0.4) is 0 Å². The van der Waals surface area contributed by atoms with Crippen LogP contribution in [0.15, 0.2) is 27.0 Å². The number of methoxy groups -OCH3 is 3. The number of ether oxygens (including phenoxy) is 3. The fraction of sp³-hybridized carbons (Fsp3) is 0.231. The van der Waals surface area contributed by atoms with Crippen LogP contribution in [0.4, 0.5) is 5.82 Å². The third kappa shape index (κ3) is 3.48. The number of nitrogens with zero attached hydrogens (tertiary/aromatic N) is 4. The van der Waals surface area contributed by atoms with E-state index in [4.69, 9.17) is 25.7 Å². The number of aromatic nitrogens is 2. The molecule has 1 heterocycles. The molecule has 10 nitrogen and oxygen atoms in total. The molecule has 122 valence electrons. The lowest BCUT2D eigenvalue weighted by molar-refractivity contribution is 0.308. The highest BCUT2D eigenvalue weighted by Gasteiger charge is 2.11. The number of hydrogen-bond donors (Lipinski definition) is 2. The van der Waals surface area contributed by atoms with Crippen LogP contribution in [-0.2, 0) is 0 Å². The molecule has 0 spiro atoms. The molecule has 1 aromatic carbocycles. The summed E-state index contributed by atoms with van der Waals surface area (Å²) < 4.78 is 20.1. The molecule has 4 N–H and O–H groups in total. The average Bonchev–Trinajstić information content (AvgIpc) is 3.00. The summed E-state index contributed by atoms with van der Waals surface area (Å²) in [5.41, 5.74) is 11.9.